The Labute approximate surface area is 126 Å². The summed E-state index contributed by atoms with van der Waals surface area (Å²) in [6.45, 7) is 8.63. The van der Waals surface area contributed by atoms with Gasteiger partial charge in [-0.2, -0.15) is 0 Å². The molecule has 110 valence electrons. The highest BCUT2D eigenvalue weighted by atomic mass is 16.5. The third kappa shape index (κ3) is 3.69. The fraction of sp³-hybridized carbons (Fsp3) is 0.333. The average molecular weight is 283 g/mol. The van der Waals surface area contributed by atoms with Gasteiger partial charge in [0, 0.05) is 23.4 Å². The average Bonchev–Trinajstić information content (AvgIpc) is 2.47. The van der Waals surface area contributed by atoms with Crippen molar-refractivity contribution in [2.45, 2.75) is 39.5 Å². The molecular formula is C18H21NO2. The summed E-state index contributed by atoms with van der Waals surface area (Å²) in [4.78, 5) is 14.8. The molecule has 3 nitrogen and oxygen atoms in total. The van der Waals surface area contributed by atoms with Crippen molar-refractivity contribution in [2.24, 2.45) is 0 Å². The van der Waals surface area contributed by atoms with Crippen molar-refractivity contribution in [3.05, 3.63) is 53.2 Å². The number of rotatable bonds is 4. The first kappa shape index (κ1) is 15.2. The third-order valence-corrected chi connectivity index (χ3v) is 3.37. The predicted molar refractivity (Wildman–Crippen MR) is 84.2 cm³/mol. The van der Waals surface area contributed by atoms with Crippen molar-refractivity contribution in [1.82, 2.24) is 4.98 Å². The van der Waals surface area contributed by atoms with E-state index in [1.54, 1.807) is 12.1 Å². The lowest BCUT2D eigenvalue weighted by molar-refractivity contribution is 0.112. The fourth-order valence-electron chi connectivity index (χ4n) is 2.11. The molecule has 0 aliphatic heterocycles. The van der Waals surface area contributed by atoms with E-state index in [2.05, 4.69) is 44.8 Å². The molecule has 0 radical (unpaired) electrons. The molecule has 0 amide bonds. The van der Waals surface area contributed by atoms with Gasteiger partial charge in [0.05, 0.1) is 0 Å². The maximum absolute atomic E-state index is 10.7. The van der Waals surface area contributed by atoms with Crippen LogP contribution < -0.4 is 4.74 Å². The Balaban J connectivity index is 2.36. The van der Waals surface area contributed by atoms with E-state index in [-0.39, 0.29) is 5.41 Å². The van der Waals surface area contributed by atoms with E-state index >= 15 is 0 Å². The second-order valence-electron chi connectivity index (χ2n) is 6.08. The van der Waals surface area contributed by atoms with Gasteiger partial charge in [-0.1, -0.05) is 39.8 Å². The zero-order valence-electron chi connectivity index (χ0n) is 13.0. The van der Waals surface area contributed by atoms with Crippen LogP contribution in [-0.4, -0.2) is 11.3 Å². The third-order valence-electron chi connectivity index (χ3n) is 3.37. The molecule has 0 N–H and O–H groups in total. The summed E-state index contributed by atoms with van der Waals surface area (Å²) in [5.74, 6) is 1.31. The first-order valence-corrected chi connectivity index (χ1v) is 7.16. The standard InChI is InChI=1S/C18H21NO2/c1-5-13-6-8-16(15(10-13)18(2,3)4)21-17-9-7-14(12-20)11-19-17/h6-12H,5H2,1-4H3. The monoisotopic (exact) mass is 283 g/mol. The number of pyridine rings is 1. The summed E-state index contributed by atoms with van der Waals surface area (Å²) < 4.78 is 5.91. The van der Waals surface area contributed by atoms with Crippen LogP contribution in [0.25, 0.3) is 0 Å². The lowest BCUT2D eigenvalue weighted by atomic mass is 9.85. The van der Waals surface area contributed by atoms with Gasteiger partial charge in [-0.15, -0.1) is 0 Å². The van der Waals surface area contributed by atoms with Gasteiger partial charge in [-0.25, -0.2) is 4.98 Å². The molecule has 0 unspecified atom stereocenters. The van der Waals surface area contributed by atoms with Gasteiger partial charge in [0.15, 0.2) is 6.29 Å². The van der Waals surface area contributed by atoms with Crippen molar-refractivity contribution < 1.29 is 9.53 Å². The minimum absolute atomic E-state index is 0.0107. The molecule has 2 rings (SSSR count). The molecule has 0 saturated carbocycles. The number of hydrogen-bond donors (Lipinski definition) is 0. The summed E-state index contributed by atoms with van der Waals surface area (Å²) in [6.07, 6.45) is 3.28. The van der Waals surface area contributed by atoms with Crippen LogP contribution in [0.2, 0.25) is 0 Å². The number of carbonyl (C=O) groups excluding carboxylic acids is 1. The lowest BCUT2D eigenvalue weighted by Gasteiger charge is -2.23. The smallest absolute Gasteiger partial charge is 0.219 e. The molecule has 1 aromatic carbocycles. The summed E-state index contributed by atoms with van der Waals surface area (Å²) in [7, 11) is 0. The molecule has 1 heterocycles. The number of carbonyl (C=O) groups is 1. The highest BCUT2D eigenvalue weighted by Crippen LogP contribution is 2.34. The summed E-state index contributed by atoms with van der Waals surface area (Å²) in [6, 6.07) is 9.67. The van der Waals surface area contributed by atoms with Gasteiger partial charge in [-0.3, -0.25) is 4.79 Å². The van der Waals surface area contributed by atoms with Crippen LogP contribution in [0, 0.1) is 0 Å². The van der Waals surface area contributed by atoms with Gasteiger partial charge in [0.25, 0.3) is 0 Å². The fourth-order valence-corrected chi connectivity index (χ4v) is 2.11. The minimum atomic E-state index is -0.0107. The van der Waals surface area contributed by atoms with Crippen molar-refractivity contribution in [2.75, 3.05) is 0 Å². The number of hydrogen-bond acceptors (Lipinski definition) is 3. The van der Waals surface area contributed by atoms with Gasteiger partial charge >= 0.3 is 0 Å². The summed E-state index contributed by atoms with van der Waals surface area (Å²) >= 11 is 0. The Hall–Kier alpha value is -2.16. The van der Waals surface area contributed by atoms with Crippen LogP contribution in [0.3, 0.4) is 0 Å². The molecule has 21 heavy (non-hydrogen) atoms. The van der Waals surface area contributed by atoms with E-state index in [0.717, 1.165) is 24.0 Å². The van der Waals surface area contributed by atoms with Gasteiger partial charge < -0.3 is 4.74 Å². The van der Waals surface area contributed by atoms with Crippen LogP contribution in [0.4, 0.5) is 0 Å². The molecule has 0 fully saturated rings. The highest BCUT2D eigenvalue weighted by Gasteiger charge is 2.20. The van der Waals surface area contributed by atoms with E-state index in [4.69, 9.17) is 4.74 Å². The topological polar surface area (TPSA) is 39.2 Å². The van der Waals surface area contributed by atoms with E-state index in [0.29, 0.717) is 11.4 Å². The van der Waals surface area contributed by atoms with Gasteiger partial charge in [0.1, 0.15) is 5.75 Å². The second kappa shape index (κ2) is 6.08. The summed E-state index contributed by atoms with van der Waals surface area (Å²) in [5, 5.41) is 0. The number of ether oxygens (including phenoxy) is 1. The molecule has 2 aromatic rings. The molecule has 0 saturated heterocycles. The molecule has 0 aliphatic carbocycles. The Kier molecular flexibility index (Phi) is 4.41. The largest absolute Gasteiger partial charge is 0.439 e. The molecule has 3 heteroatoms. The Morgan fingerprint density at radius 2 is 1.95 bits per heavy atom. The zero-order valence-corrected chi connectivity index (χ0v) is 13.0. The van der Waals surface area contributed by atoms with E-state index in [1.165, 1.54) is 11.8 Å². The number of aromatic nitrogens is 1. The molecule has 1 aromatic heterocycles. The highest BCUT2D eigenvalue weighted by molar-refractivity contribution is 5.74. The zero-order chi connectivity index (χ0) is 15.5. The van der Waals surface area contributed by atoms with Crippen molar-refractivity contribution in [3.63, 3.8) is 0 Å². The molecule has 0 aliphatic rings. The van der Waals surface area contributed by atoms with Gasteiger partial charge in [-0.05, 0) is 29.5 Å². The van der Waals surface area contributed by atoms with Crippen LogP contribution in [0.5, 0.6) is 11.6 Å². The van der Waals surface area contributed by atoms with Crippen molar-refractivity contribution in [3.8, 4) is 11.6 Å². The van der Waals surface area contributed by atoms with Crippen LogP contribution in [-0.2, 0) is 11.8 Å². The van der Waals surface area contributed by atoms with Crippen LogP contribution in [0.15, 0.2) is 36.5 Å². The Morgan fingerprint density at radius 3 is 2.48 bits per heavy atom. The van der Waals surface area contributed by atoms with Gasteiger partial charge in [0.2, 0.25) is 5.88 Å². The quantitative estimate of drug-likeness (QED) is 0.773. The lowest BCUT2D eigenvalue weighted by Crippen LogP contribution is -2.13. The number of nitrogens with zero attached hydrogens (tertiary/aromatic N) is 1. The maximum Gasteiger partial charge on any atom is 0.219 e. The second-order valence-corrected chi connectivity index (χ2v) is 6.08. The minimum Gasteiger partial charge on any atom is -0.439 e. The predicted octanol–water partition coefficient (Wildman–Crippen LogP) is 4.55. The SMILES string of the molecule is CCc1ccc(Oc2ccc(C=O)cn2)c(C(C)(C)C)c1. The van der Waals surface area contributed by atoms with E-state index in [9.17, 15) is 4.79 Å². The molecule has 0 spiro atoms. The van der Waals surface area contributed by atoms with Crippen LogP contribution in [0.1, 0.15) is 49.2 Å². The maximum atomic E-state index is 10.7. The van der Waals surface area contributed by atoms with Crippen molar-refractivity contribution in [1.29, 1.82) is 0 Å². The number of benzene rings is 1. The molecule has 0 atom stereocenters. The number of aldehydes is 1. The Bertz CT molecular complexity index is 625. The Morgan fingerprint density at radius 1 is 1.19 bits per heavy atom. The first-order chi connectivity index (χ1) is 9.94. The number of aryl methyl sites for hydroxylation is 1. The van der Waals surface area contributed by atoms with Crippen molar-refractivity contribution >= 4 is 6.29 Å². The normalized spacial score (nSPS) is 11.2. The molecule has 0 bridgehead atoms. The van der Waals surface area contributed by atoms with E-state index < -0.39 is 0 Å². The van der Waals surface area contributed by atoms with E-state index in [1.807, 2.05) is 6.07 Å². The summed E-state index contributed by atoms with van der Waals surface area (Å²) in [5.41, 5.74) is 2.97. The first-order valence-electron chi connectivity index (χ1n) is 7.16. The van der Waals surface area contributed by atoms with Crippen LogP contribution >= 0.6 is 0 Å². The molecular weight excluding hydrogens is 262 g/mol.